The molecule has 0 fully saturated rings. The number of nitriles is 1. The van der Waals surface area contributed by atoms with Crippen LogP contribution in [-0.2, 0) is 11.2 Å². The zero-order valence-corrected chi connectivity index (χ0v) is 10.5. The third-order valence-corrected chi connectivity index (χ3v) is 2.53. The molecule has 1 aromatic rings. The Morgan fingerprint density at radius 1 is 1.50 bits per heavy atom. The van der Waals surface area contributed by atoms with E-state index in [-0.39, 0.29) is 5.91 Å². The van der Waals surface area contributed by atoms with Crippen molar-refractivity contribution >= 4 is 21.8 Å². The van der Waals surface area contributed by atoms with Crippen molar-refractivity contribution in [2.75, 3.05) is 6.54 Å². The Balaban J connectivity index is 2.32. The summed E-state index contributed by atoms with van der Waals surface area (Å²) in [4.78, 5) is 11.5. The fraction of sp³-hybridized carbons (Fsp3) is 0.333. The molecule has 1 N–H and O–H groups in total. The Morgan fingerprint density at radius 2 is 2.31 bits per heavy atom. The fourth-order valence-corrected chi connectivity index (χ4v) is 1.74. The van der Waals surface area contributed by atoms with Crippen LogP contribution in [0.3, 0.4) is 0 Å². The molecule has 0 aromatic heterocycles. The van der Waals surface area contributed by atoms with Gasteiger partial charge in [0.2, 0.25) is 5.91 Å². The number of hydrogen-bond donors (Lipinski definition) is 1. The number of carbonyl (C=O) groups excluding carboxylic acids is 1. The molecule has 84 valence electrons. The zero-order chi connectivity index (χ0) is 11.8. The molecule has 0 bridgehead atoms. The standard InChI is InChI=1S/C12H13BrN2O/c13-11-5-3-4-10(8-11)9-12(16)15-7-2-1-6-14/h3-5,8H,1-2,7,9H2,(H,15,16). The molecular weight excluding hydrogens is 268 g/mol. The molecule has 4 heteroatoms. The third-order valence-electron chi connectivity index (χ3n) is 2.04. The van der Waals surface area contributed by atoms with E-state index in [4.69, 9.17) is 5.26 Å². The molecule has 3 nitrogen and oxygen atoms in total. The van der Waals surface area contributed by atoms with E-state index in [1.165, 1.54) is 0 Å². The number of unbranched alkanes of at least 4 members (excludes halogenated alkanes) is 1. The monoisotopic (exact) mass is 280 g/mol. The quantitative estimate of drug-likeness (QED) is 0.843. The second-order valence-electron chi connectivity index (χ2n) is 3.42. The van der Waals surface area contributed by atoms with Crippen LogP contribution < -0.4 is 5.32 Å². The molecule has 0 aliphatic heterocycles. The molecule has 1 rings (SSSR count). The highest BCUT2D eigenvalue weighted by atomic mass is 79.9. The summed E-state index contributed by atoms with van der Waals surface area (Å²) in [5.41, 5.74) is 0.979. The van der Waals surface area contributed by atoms with Crippen LogP contribution in [0.15, 0.2) is 28.7 Å². The molecule has 0 saturated heterocycles. The van der Waals surface area contributed by atoms with E-state index in [0.29, 0.717) is 25.8 Å². The average Bonchev–Trinajstić information content (AvgIpc) is 2.24. The fourth-order valence-electron chi connectivity index (χ4n) is 1.29. The molecule has 1 amide bonds. The number of carbonyl (C=O) groups is 1. The van der Waals surface area contributed by atoms with Gasteiger partial charge in [-0.15, -0.1) is 0 Å². The maximum Gasteiger partial charge on any atom is 0.224 e. The number of hydrogen-bond acceptors (Lipinski definition) is 2. The highest BCUT2D eigenvalue weighted by molar-refractivity contribution is 9.10. The van der Waals surface area contributed by atoms with Crippen LogP contribution in [0.1, 0.15) is 18.4 Å². The Kier molecular flexibility index (Phi) is 5.58. The minimum Gasteiger partial charge on any atom is -0.356 e. The van der Waals surface area contributed by atoms with Crippen LogP contribution in [0.4, 0.5) is 0 Å². The number of benzene rings is 1. The predicted octanol–water partition coefficient (Wildman–Crippen LogP) is 2.41. The first-order chi connectivity index (χ1) is 7.72. The van der Waals surface area contributed by atoms with Crippen LogP contribution in [0, 0.1) is 11.3 Å². The minimum absolute atomic E-state index is 0.00367. The molecule has 0 aliphatic rings. The molecule has 0 heterocycles. The van der Waals surface area contributed by atoms with Crippen LogP contribution in [0.2, 0.25) is 0 Å². The normalized spacial score (nSPS) is 9.50. The number of nitrogens with one attached hydrogen (secondary N) is 1. The molecule has 16 heavy (non-hydrogen) atoms. The maximum atomic E-state index is 11.5. The first kappa shape index (κ1) is 12.7. The van der Waals surface area contributed by atoms with Gasteiger partial charge in [-0.25, -0.2) is 0 Å². The number of nitrogens with zero attached hydrogens (tertiary/aromatic N) is 1. The van der Waals surface area contributed by atoms with Crippen molar-refractivity contribution < 1.29 is 4.79 Å². The summed E-state index contributed by atoms with van der Waals surface area (Å²) in [7, 11) is 0. The summed E-state index contributed by atoms with van der Waals surface area (Å²) in [5.74, 6) is -0.00367. The molecular formula is C12H13BrN2O. The Bertz CT molecular complexity index is 398. The van der Waals surface area contributed by atoms with Gasteiger partial charge in [0.25, 0.3) is 0 Å². The Labute approximate surface area is 104 Å². The smallest absolute Gasteiger partial charge is 0.224 e. The molecule has 1 aromatic carbocycles. The second-order valence-corrected chi connectivity index (χ2v) is 4.33. The van der Waals surface area contributed by atoms with Gasteiger partial charge in [-0.05, 0) is 24.1 Å². The number of halogens is 1. The SMILES string of the molecule is N#CCCCNC(=O)Cc1cccc(Br)c1. The van der Waals surface area contributed by atoms with Gasteiger partial charge in [-0.3, -0.25) is 4.79 Å². The van der Waals surface area contributed by atoms with Gasteiger partial charge in [0.05, 0.1) is 12.5 Å². The lowest BCUT2D eigenvalue weighted by atomic mass is 10.1. The summed E-state index contributed by atoms with van der Waals surface area (Å²) >= 11 is 3.36. The average molecular weight is 281 g/mol. The van der Waals surface area contributed by atoms with Crippen molar-refractivity contribution in [1.29, 1.82) is 5.26 Å². The highest BCUT2D eigenvalue weighted by Crippen LogP contribution is 2.11. The predicted molar refractivity (Wildman–Crippen MR) is 65.7 cm³/mol. The molecule has 0 atom stereocenters. The van der Waals surface area contributed by atoms with Crippen molar-refractivity contribution in [2.24, 2.45) is 0 Å². The van der Waals surface area contributed by atoms with Gasteiger partial charge in [0, 0.05) is 17.4 Å². The van der Waals surface area contributed by atoms with Gasteiger partial charge in [-0.1, -0.05) is 28.1 Å². The van der Waals surface area contributed by atoms with Crippen molar-refractivity contribution in [3.05, 3.63) is 34.3 Å². The minimum atomic E-state index is -0.00367. The summed E-state index contributed by atoms with van der Waals surface area (Å²) in [6.45, 7) is 0.570. The zero-order valence-electron chi connectivity index (χ0n) is 8.87. The van der Waals surface area contributed by atoms with E-state index < -0.39 is 0 Å². The molecule has 0 radical (unpaired) electrons. The third kappa shape index (κ3) is 4.94. The van der Waals surface area contributed by atoms with E-state index in [0.717, 1.165) is 10.0 Å². The Morgan fingerprint density at radius 3 is 3.00 bits per heavy atom. The van der Waals surface area contributed by atoms with Gasteiger partial charge < -0.3 is 5.32 Å². The van der Waals surface area contributed by atoms with Gasteiger partial charge >= 0.3 is 0 Å². The Hall–Kier alpha value is -1.34. The summed E-state index contributed by atoms with van der Waals surface area (Å²) in [6, 6.07) is 9.71. The van der Waals surface area contributed by atoms with Crippen molar-refractivity contribution in [3.63, 3.8) is 0 Å². The largest absolute Gasteiger partial charge is 0.356 e. The van der Waals surface area contributed by atoms with Crippen LogP contribution in [0.5, 0.6) is 0 Å². The van der Waals surface area contributed by atoms with Gasteiger partial charge in [-0.2, -0.15) is 5.26 Å². The van der Waals surface area contributed by atoms with Crippen LogP contribution in [-0.4, -0.2) is 12.5 Å². The number of amides is 1. The lowest BCUT2D eigenvalue weighted by molar-refractivity contribution is -0.120. The van der Waals surface area contributed by atoms with E-state index in [9.17, 15) is 4.79 Å². The highest BCUT2D eigenvalue weighted by Gasteiger charge is 2.02. The second kappa shape index (κ2) is 7.02. The first-order valence-corrected chi connectivity index (χ1v) is 5.90. The van der Waals surface area contributed by atoms with Crippen molar-refractivity contribution in [1.82, 2.24) is 5.32 Å². The molecule has 0 aliphatic carbocycles. The topological polar surface area (TPSA) is 52.9 Å². The molecule has 0 saturated carbocycles. The lowest BCUT2D eigenvalue weighted by Crippen LogP contribution is -2.25. The molecule has 0 unspecified atom stereocenters. The van der Waals surface area contributed by atoms with E-state index in [1.807, 2.05) is 30.3 Å². The first-order valence-electron chi connectivity index (χ1n) is 5.10. The van der Waals surface area contributed by atoms with Gasteiger partial charge in [0.1, 0.15) is 0 Å². The van der Waals surface area contributed by atoms with Crippen molar-refractivity contribution in [3.8, 4) is 6.07 Å². The summed E-state index contributed by atoms with van der Waals surface area (Å²) < 4.78 is 0.974. The van der Waals surface area contributed by atoms with Gasteiger partial charge in [0.15, 0.2) is 0 Å². The van der Waals surface area contributed by atoms with Crippen LogP contribution in [0.25, 0.3) is 0 Å². The maximum absolute atomic E-state index is 11.5. The van der Waals surface area contributed by atoms with Crippen molar-refractivity contribution in [2.45, 2.75) is 19.3 Å². The molecule has 0 spiro atoms. The van der Waals surface area contributed by atoms with E-state index in [2.05, 4.69) is 21.2 Å². The lowest BCUT2D eigenvalue weighted by Gasteiger charge is -2.04. The van der Waals surface area contributed by atoms with E-state index in [1.54, 1.807) is 0 Å². The summed E-state index contributed by atoms with van der Waals surface area (Å²) in [5, 5.41) is 11.1. The van der Waals surface area contributed by atoms with E-state index >= 15 is 0 Å². The van der Waals surface area contributed by atoms with Crippen LogP contribution >= 0.6 is 15.9 Å². The number of rotatable bonds is 5. The summed E-state index contributed by atoms with van der Waals surface area (Å²) in [6.07, 6.45) is 1.57.